The molecule has 1 aromatic rings. The Balaban J connectivity index is 3.00. The molecule has 1 atom stereocenters. The lowest BCUT2D eigenvalue weighted by Gasteiger charge is -2.10. The van der Waals surface area contributed by atoms with E-state index in [2.05, 4.69) is 5.32 Å². The van der Waals surface area contributed by atoms with Crippen LogP contribution in [0, 0.1) is 5.82 Å². The van der Waals surface area contributed by atoms with Crippen LogP contribution in [0.15, 0.2) is 18.2 Å². The summed E-state index contributed by atoms with van der Waals surface area (Å²) in [6.45, 7) is 1.95. The number of benzene rings is 1. The van der Waals surface area contributed by atoms with Gasteiger partial charge in [-0.3, -0.25) is 0 Å². The molecule has 0 bridgehead atoms. The lowest BCUT2D eigenvalue weighted by atomic mass is 10.1. The number of hydrogen-bond donors (Lipinski definition) is 1. The highest BCUT2D eigenvalue weighted by Gasteiger charge is 2.04. The molecule has 1 aromatic carbocycles. The van der Waals surface area contributed by atoms with E-state index in [9.17, 15) is 4.39 Å². The molecule has 1 N–H and O–H groups in total. The van der Waals surface area contributed by atoms with Gasteiger partial charge in [0.2, 0.25) is 0 Å². The molecule has 66 valence electrons. The topological polar surface area (TPSA) is 12.0 Å². The highest BCUT2D eigenvalue weighted by Crippen LogP contribution is 2.19. The van der Waals surface area contributed by atoms with E-state index in [1.807, 2.05) is 14.0 Å². The smallest absolute Gasteiger partial charge is 0.125 e. The molecule has 1 unspecified atom stereocenters. The van der Waals surface area contributed by atoms with Gasteiger partial charge in [-0.25, -0.2) is 4.39 Å². The largest absolute Gasteiger partial charge is 0.313 e. The van der Waals surface area contributed by atoms with Gasteiger partial charge < -0.3 is 5.32 Å². The molecule has 0 aromatic heterocycles. The van der Waals surface area contributed by atoms with Crippen LogP contribution in [0.2, 0.25) is 5.02 Å². The molecule has 0 heterocycles. The first-order chi connectivity index (χ1) is 5.63. The summed E-state index contributed by atoms with van der Waals surface area (Å²) in [4.78, 5) is 0. The Hall–Kier alpha value is -0.600. The number of halogens is 2. The maximum Gasteiger partial charge on any atom is 0.125 e. The standard InChI is InChI=1S/C9H11ClFN/c1-6(12-2)7-3-8(10)5-9(11)4-7/h3-6,12H,1-2H3. The lowest BCUT2D eigenvalue weighted by Crippen LogP contribution is -2.12. The van der Waals surface area contributed by atoms with Gasteiger partial charge in [-0.05, 0) is 37.7 Å². The molecule has 12 heavy (non-hydrogen) atoms. The Labute approximate surface area is 76.5 Å². The molecular weight excluding hydrogens is 177 g/mol. The van der Waals surface area contributed by atoms with Crippen LogP contribution in [0.5, 0.6) is 0 Å². The van der Waals surface area contributed by atoms with E-state index in [1.54, 1.807) is 6.07 Å². The fourth-order valence-corrected chi connectivity index (χ4v) is 1.22. The van der Waals surface area contributed by atoms with Crippen molar-refractivity contribution in [3.8, 4) is 0 Å². The van der Waals surface area contributed by atoms with Gasteiger partial charge in [-0.15, -0.1) is 0 Å². The van der Waals surface area contributed by atoms with Crippen LogP contribution >= 0.6 is 11.6 Å². The average Bonchev–Trinajstić information content (AvgIpc) is 2.01. The summed E-state index contributed by atoms with van der Waals surface area (Å²) in [6, 6.07) is 4.66. The van der Waals surface area contributed by atoms with Gasteiger partial charge in [0.1, 0.15) is 5.82 Å². The minimum Gasteiger partial charge on any atom is -0.313 e. The molecule has 0 fully saturated rings. The normalized spacial score (nSPS) is 13.0. The highest BCUT2D eigenvalue weighted by atomic mass is 35.5. The summed E-state index contributed by atoms with van der Waals surface area (Å²) in [6.07, 6.45) is 0. The molecule has 3 heteroatoms. The van der Waals surface area contributed by atoms with Crippen LogP contribution in [-0.4, -0.2) is 7.05 Å². The van der Waals surface area contributed by atoms with E-state index >= 15 is 0 Å². The van der Waals surface area contributed by atoms with E-state index in [0.29, 0.717) is 5.02 Å². The van der Waals surface area contributed by atoms with Gasteiger partial charge >= 0.3 is 0 Å². The summed E-state index contributed by atoms with van der Waals surface area (Å²) in [5, 5.41) is 3.45. The Morgan fingerprint density at radius 2 is 2.08 bits per heavy atom. The van der Waals surface area contributed by atoms with Crippen LogP contribution in [-0.2, 0) is 0 Å². The zero-order valence-electron chi connectivity index (χ0n) is 7.07. The maximum atomic E-state index is 12.8. The van der Waals surface area contributed by atoms with Crippen molar-refractivity contribution in [2.75, 3.05) is 7.05 Å². The third-order valence-electron chi connectivity index (χ3n) is 1.82. The minimum atomic E-state index is -0.292. The number of rotatable bonds is 2. The van der Waals surface area contributed by atoms with E-state index < -0.39 is 0 Å². The lowest BCUT2D eigenvalue weighted by molar-refractivity contribution is 0.608. The van der Waals surface area contributed by atoms with E-state index in [-0.39, 0.29) is 11.9 Å². The maximum absolute atomic E-state index is 12.8. The SMILES string of the molecule is CNC(C)c1cc(F)cc(Cl)c1. The Morgan fingerprint density at radius 1 is 1.42 bits per heavy atom. The molecule has 0 radical (unpaired) electrons. The van der Waals surface area contributed by atoms with Crippen LogP contribution in [0.1, 0.15) is 18.5 Å². The van der Waals surface area contributed by atoms with Crippen LogP contribution in [0.25, 0.3) is 0 Å². The summed E-state index contributed by atoms with van der Waals surface area (Å²) in [7, 11) is 1.82. The molecule has 1 nitrogen and oxygen atoms in total. The third-order valence-corrected chi connectivity index (χ3v) is 2.04. The van der Waals surface area contributed by atoms with E-state index in [4.69, 9.17) is 11.6 Å². The zero-order valence-corrected chi connectivity index (χ0v) is 7.82. The molecule has 0 aliphatic heterocycles. The molecule has 1 rings (SSSR count). The van der Waals surface area contributed by atoms with Gasteiger partial charge in [0.15, 0.2) is 0 Å². The minimum absolute atomic E-state index is 0.123. The van der Waals surface area contributed by atoms with Crippen molar-refractivity contribution >= 4 is 11.6 Å². The first kappa shape index (κ1) is 9.49. The van der Waals surface area contributed by atoms with Gasteiger partial charge in [-0.2, -0.15) is 0 Å². The van der Waals surface area contributed by atoms with E-state index in [0.717, 1.165) is 5.56 Å². The molecule has 0 saturated heterocycles. The third kappa shape index (κ3) is 2.19. The average molecular weight is 188 g/mol. The van der Waals surface area contributed by atoms with Crippen molar-refractivity contribution in [3.05, 3.63) is 34.6 Å². The van der Waals surface area contributed by atoms with Crippen LogP contribution in [0.3, 0.4) is 0 Å². The fraction of sp³-hybridized carbons (Fsp3) is 0.333. The van der Waals surface area contributed by atoms with Crippen molar-refractivity contribution in [3.63, 3.8) is 0 Å². The molecule has 0 aliphatic carbocycles. The van der Waals surface area contributed by atoms with Gasteiger partial charge in [0.25, 0.3) is 0 Å². The Bertz CT molecular complexity index is 255. The molecule has 0 amide bonds. The number of hydrogen-bond acceptors (Lipinski definition) is 1. The highest BCUT2D eigenvalue weighted by molar-refractivity contribution is 6.30. The summed E-state index contributed by atoms with van der Waals surface area (Å²) < 4.78 is 12.8. The predicted octanol–water partition coefficient (Wildman–Crippen LogP) is 2.76. The summed E-state index contributed by atoms with van der Waals surface area (Å²) in [5.74, 6) is -0.292. The van der Waals surface area contributed by atoms with Crippen molar-refractivity contribution in [2.24, 2.45) is 0 Å². The number of nitrogens with one attached hydrogen (secondary N) is 1. The quantitative estimate of drug-likeness (QED) is 0.751. The first-order valence-corrected chi connectivity index (χ1v) is 4.14. The molecule has 0 saturated carbocycles. The van der Waals surface area contributed by atoms with Crippen molar-refractivity contribution in [2.45, 2.75) is 13.0 Å². The van der Waals surface area contributed by atoms with Crippen molar-refractivity contribution in [1.82, 2.24) is 5.32 Å². The Morgan fingerprint density at radius 3 is 2.58 bits per heavy atom. The Kier molecular flexibility index (Phi) is 3.06. The fourth-order valence-electron chi connectivity index (χ4n) is 0.992. The van der Waals surface area contributed by atoms with Gasteiger partial charge in [0, 0.05) is 11.1 Å². The second-order valence-electron chi connectivity index (χ2n) is 2.71. The molecule has 0 spiro atoms. The van der Waals surface area contributed by atoms with Crippen LogP contribution in [0.4, 0.5) is 4.39 Å². The second kappa shape index (κ2) is 3.87. The molecule has 0 aliphatic rings. The molecular formula is C9H11ClFN. The predicted molar refractivity (Wildman–Crippen MR) is 48.9 cm³/mol. The summed E-state index contributed by atoms with van der Waals surface area (Å²) >= 11 is 5.68. The monoisotopic (exact) mass is 187 g/mol. The van der Waals surface area contributed by atoms with Crippen molar-refractivity contribution in [1.29, 1.82) is 0 Å². The second-order valence-corrected chi connectivity index (χ2v) is 3.15. The van der Waals surface area contributed by atoms with Gasteiger partial charge in [0.05, 0.1) is 0 Å². The van der Waals surface area contributed by atoms with Crippen LogP contribution < -0.4 is 5.32 Å². The zero-order chi connectivity index (χ0) is 9.14. The van der Waals surface area contributed by atoms with E-state index in [1.165, 1.54) is 12.1 Å². The summed E-state index contributed by atoms with van der Waals surface area (Å²) in [5.41, 5.74) is 0.863. The van der Waals surface area contributed by atoms with Crippen molar-refractivity contribution < 1.29 is 4.39 Å². The van der Waals surface area contributed by atoms with Gasteiger partial charge in [-0.1, -0.05) is 11.6 Å². The first-order valence-electron chi connectivity index (χ1n) is 3.76.